The molecule has 1 N–H and O–H groups in total. The van der Waals surface area contributed by atoms with E-state index in [0.29, 0.717) is 40.3 Å². The van der Waals surface area contributed by atoms with Gasteiger partial charge in [-0.3, -0.25) is 14.2 Å². The molecule has 1 aromatic heterocycles. The molecule has 0 radical (unpaired) electrons. The van der Waals surface area contributed by atoms with Crippen molar-refractivity contribution in [3.63, 3.8) is 0 Å². The SMILES string of the molecule is CCOC(=O)c1ccc(NC(=O)C(CC)Sc2nc3ccccc3c(=O)n2C)cc1. The number of hydrogen-bond donors (Lipinski definition) is 1. The number of hydrogen-bond acceptors (Lipinski definition) is 6. The molecule has 0 bridgehead atoms. The van der Waals surface area contributed by atoms with Crippen LogP contribution in [0.25, 0.3) is 10.9 Å². The largest absolute Gasteiger partial charge is 0.462 e. The molecule has 0 spiro atoms. The summed E-state index contributed by atoms with van der Waals surface area (Å²) < 4.78 is 6.43. The van der Waals surface area contributed by atoms with Crippen LogP contribution < -0.4 is 10.9 Å². The Morgan fingerprint density at radius 2 is 1.83 bits per heavy atom. The van der Waals surface area contributed by atoms with Gasteiger partial charge in [0.15, 0.2) is 5.16 Å². The second kappa shape index (κ2) is 9.58. The van der Waals surface area contributed by atoms with E-state index >= 15 is 0 Å². The predicted octanol–water partition coefficient (Wildman–Crippen LogP) is 3.62. The molecule has 3 aromatic rings. The topological polar surface area (TPSA) is 90.3 Å². The fraction of sp³-hybridized carbons (Fsp3) is 0.273. The van der Waals surface area contributed by atoms with E-state index in [1.165, 1.54) is 16.3 Å². The smallest absolute Gasteiger partial charge is 0.338 e. The third kappa shape index (κ3) is 4.71. The second-order valence-electron chi connectivity index (χ2n) is 6.58. The molecular weight excluding hydrogens is 402 g/mol. The van der Waals surface area contributed by atoms with Crippen molar-refractivity contribution >= 4 is 40.2 Å². The quantitative estimate of drug-likeness (QED) is 0.353. The lowest BCUT2D eigenvalue weighted by atomic mass is 10.2. The summed E-state index contributed by atoms with van der Waals surface area (Å²) in [5.74, 6) is -0.602. The third-order valence-electron chi connectivity index (χ3n) is 4.52. The van der Waals surface area contributed by atoms with Crippen LogP contribution in [-0.4, -0.2) is 33.3 Å². The zero-order chi connectivity index (χ0) is 21.7. The standard InChI is InChI=1S/C22H23N3O4S/c1-4-18(19(26)23-15-12-10-14(11-13-15)21(28)29-5-2)30-22-24-17-9-7-6-8-16(17)20(27)25(22)3/h6-13,18H,4-5H2,1-3H3,(H,23,26). The average molecular weight is 426 g/mol. The van der Waals surface area contributed by atoms with Crippen molar-refractivity contribution in [1.82, 2.24) is 9.55 Å². The molecule has 30 heavy (non-hydrogen) atoms. The van der Waals surface area contributed by atoms with Crippen molar-refractivity contribution in [3.05, 3.63) is 64.4 Å². The van der Waals surface area contributed by atoms with Crippen LogP contribution in [0, 0.1) is 0 Å². The number of amides is 1. The Hall–Kier alpha value is -3.13. The summed E-state index contributed by atoms with van der Waals surface area (Å²) in [7, 11) is 1.66. The Kier molecular flexibility index (Phi) is 6.89. The fourth-order valence-corrected chi connectivity index (χ4v) is 3.86. The number of nitrogens with one attached hydrogen (secondary N) is 1. The van der Waals surface area contributed by atoms with E-state index < -0.39 is 11.2 Å². The lowest BCUT2D eigenvalue weighted by molar-refractivity contribution is -0.115. The van der Waals surface area contributed by atoms with Gasteiger partial charge in [-0.25, -0.2) is 9.78 Å². The number of thioether (sulfide) groups is 1. The van der Waals surface area contributed by atoms with Crippen LogP contribution in [-0.2, 0) is 16.6 Å². The van der Waals surface area contributed by atoms with E-state index in [1.54, 1.807) is 56.4 Å². The monoisotopic (exact) mass is 425 g/mol. The van der Waals surface area contributed by atoms with E-state index in [9.17, 15) is 14.4 Å². The van der Waals surface area contributed by atoms with Crippen LogP contribution in [0.4, 0.5) is 5.69 Å². The number of rotatable bonds is 7. The maximum absolute atomic E-state index is 12.8. The van der Waals surface area contributed by atoms with Gasteiger partial charge in [-0.15, -0.1) is 0 Å². The van der Waals surface area contributed by atoms with Crippen molar-refractivity contribution in [3.8, 4) is 0 Å². The number of para-hydroxylation sites is 1. The molecule has 0 saturated carbocycles. The van der Waals surface area contributed by atoms with Crippen LogP contribution >= 0.6 is 11.8 Å². The summed E-state index contributed by atoms with van der Waals surface area (Å²) >= 11 is 1.25. The first-order valence-electron chi connectivity index (χ1n) is 9.65. The summed E-state index contributed by atoms with van der Waals surface area (Å²) in [5.41, 5.74) is 1.46. The molecule has 1 amide bonds. The summed E-state index contributed by atoms with van der Waals surface area (Å²) in [6.45, 7) is 3.95. The number of aromatic nitrogens is 2. The van der Waals surface area contributed by atoms with E-state index in [1.807, 2.05) is 13.0 Å². The molecule has 156 valence electrons. The summed E-state index contributed by atoms with van der Waals surface area (Å²) in [4.78, 5) is 41.7. The summed E-state index contributed by atoms with van der Waals surface area (Å²) in [6, 6.07) is 13.7. The van der Waals surface area contributed by atoms with Crippen LogP contribution in [0.1, 0.15) is 30.6 Å². The molecule has 3 rings (SSSR count). The van der Waals surface area contributed by atoms with Gasteiger partial charge in [0.25, 0.3) is 5.56 Å². The molecule has 1 atom stereocenters. The normalized spacial score (nSPS) is 11.8. The molecule has 0 saturated heterocycles. The highest BCUT2D eigenvalue weighted by Gasteiger charge is 2.21. The lowest BCUT2D eigenvalue weighted by Gasteiger charge is -2.16. The van der Waals surface area contributed by atoms with Gasteiger partial charge in [0.1, 0.15) is 0 Å². The van der Waals surface area contributed by atoms with Gasteiger partial charge in [-0.2, -0.15) is 0 Å². The number of ether oxygens (including phenoxy) is 1. The molecule has 0 aliphatic heterocycles. The maximum Gasteiger partial charge on any atom is 0.338 e. The minimum atomic E-state index is -0.436. The Morgan fingerprint density at radius 3 is 2.50 bits per heavy atom. The molecule has 7 nitrogen and oxygen atoms in total. The van der Waals surface area contributed by atoms with E-state index in [4.69, 9.17) is 4.74 Å². The number of carbonyl (C=O) groups excluding carboxylic acids is 2. The first-order chi connectivity index (χ1) is 14.4. The molecule has 2 aromatic carbocycles. The number of benzene rings is 2. The Bertz CT molecular complexity index is 1130. The van der Waals surface area contributed by atoms with Crippen LogP contribution in [0.2, 0.25) is 0 Å². The molecule has 1 heterocycles. The molecule has 8 heteroatoms. The second-order valence-corrected chi connectivity index (χ2v) is 7.75. The summed E-state index contributed by atoms with van der Waals surface area (Å²) in [6.07, 6.45) is 0.556. The number of esters is 1. The minimum absolute atomic E-state index is 0.145. The van der Waals surface area contributed by atoms with Gasteiger partial charge >= 0.3 is 5.97 Å². The molecule has 1 unspecified atom stereocenters. The number of carbonyl (C=O) groups is 2. The van der Waals surface area contributed by atoms with E-state index in [0.717, 1.165) is 0 Å². The maximum atomic E-state index is 12.8. The lowest BCUT2D eigenvalue weighted by Crippen LogP contribution is -2.27. The number of anilines is 1. The molecule has 0 aliphatic rings. The molecular formula is C22H23N3O4S. The predicted molar refractivity (Wildman–Crippen MR) is 118 cm³/mol. The van der Waals surface area contributed by atoms with Crippen molar-refractivity contribution < 1.29 is 14.3 Å². The van der Waals surface area contributed by atoms with Crippen LogP contribution in [0.5, 0.6) is 0 Å². The van der Waals surface area contributed by atoms with Gasteiger partial charge in [0, 0.05) is 12.7 Å². The van der Waals surface area contributed by atoms with Crippen LogP contribution in [0.15, 0.2) is 58.5 Å². The van der Waals surface area contributed by atoms with Gasteiger partial charge in [-0.1, -0.05) is 30.8 Å². The van der Waals surface area contributed by atoms with Crippen LogP contribution in [0.3, 0.4) is 0 Å². The van der Waals surface area contributed by atoms with Crippen molar-refractivity contribution in [2.45, 2.75) is 30.7 Å². The van der Waals surface area contributed by atoms with Crippen molar-refractivity contribution in [2.75, 3.05) is 11.9 Å². The Labute approximate surface area is 178 Å². The minimum Gasteiger partial charge on any atom is -0.462 e. The van der Waals surface area contributed by atoms with Gasteiger partial charge in [0.05, 0.1) is 28.3 Å². The Morgan fingerprint density at radius 1 is 1.13 bits per heavy atom. The number of fused-ring (bicyclic) bond motifs is 1. The summed E-state index contributed by atoms with van der Waals surface area (Å²) in [5, 5.41) is 3.45. The van der Waals surface area contributed by atoms with E-state index in [-0.39, 0.29) is 11.5 Å². The number of nitrogens with zero attached hydrogens (tertiary/aromatic N) is 2. The van der Waals surface area contributed by atoms with Gasteiger partial charge in [0.2, 0.25) is 5.91 Å². The average Bonchev–Trinajstić information content (AvgIpc) is 2.75. The van der Waals surface area contributed by atoms with Gasteiger partial charge in [-0.05, 0) is 49.7 Å². The van der Waals surface area contributed by atoms with Crippen molar-refractivity contribution in [2.24, 2.45) is 7.05 Å². The zero-order valence-corrected chi connectivity index (χ0v) is 17.9. The molecule has 0 aliphatic carbocycles. The molecule has 0 fully saturated rings. The Balaban J connectivity index is 1.76. The highest BCUT2D eigenvalue weighted by Crippen LogP contribution is 2.25. The zero-order valence-electron chi connectivity index (χ0n) is 17.0. The highest BCUT2D eigenvalue weighted by molar-refractivity contribution is 8.00. The van der Waals surface area contributed by atoms with E-state index in [2.05, 4.69) is 10.3 Å². The highest BCUT2D eigenvalue weighted by atomic mass is 32.2. The first kappa shape index (κ1) is 21.6. The first-order valence-corrected chi connectivity index (χ1v) is 10.5. The fourth-order valence-electron chi connectivity index (χ4n) is 2.88. The van der Waals surface area contributed by atoms with Crippen molar-refractivity contribution in [1.29, 1.82) is 0 Å². The third-order valence-corrected chi connectivity index (χ3v) is 5.92. The van der Waals surface area contributed by atoms with Gasteiger partial charge < -0.3 is 10.1 Å².